The van der Waals surface area contributed by atoms with E-state index in [-0.39, 0.29) is 11.8 Å². The lowest BCUT2D eigenvalue weighted by atomic mass is 9.95. The van der Waals surface area contributed by atoms with E-state index in [4.69, 9.17) is 10.7 Å². The first-order chi connectivity index (χ1) is 13.0. The maximum atomic E-state index is 11.8. The number of carbonyl (C=O) groups excluding carboxylic acids is 2. The molecule has 0 aliphatic carbocycles. The molecule has 1 atom stereocenters. The Morgan fingerprint density at radius 3 is 2.89 bits per heavy atom. The van der Waals surface area contributed by atoms with E-state index in [0.717, 1.165) is 50.4 Å². The summed E-state index contributed by atoms with van der Waals surface area (Å²) in [4.78, 5) is 30.0. The number of hydrogen-bond acceptors (Lipinski definition) is 3. The number of rotatable bonds is 7. The fraction of sp³-hybridized carbons (Fsp3) is 0.550. The number of nitrogens with two attached hydrogens (primary N) is 1. The van der Waals surface area contributed by atoms with Crippen molar-refractivity contribution < 1.29 is 9.59 Å². The van der Waals surface area contributed by atoms with Gasteiger partial charge in [0.15, 0.2) is 5.96 Å². The Bertz CT molecular complexity index is 674. The van der Waals surface area contributed by atoms with Crippen LogP contribution in [0.15, 0.2) is 29.3 Å². The van der Waals surface area contributed by atoms with Crippen molar-refractivity contribution in [1.82, 2.24) is 15.5 Å². The number of amides is 2. The van der Waals surface area contributed by atoms with Gasteiger partial charge < -0.3 is 21.3 Å². The number of piperidine rings is 1. The van der Waals surface area contributed by atoms with Crippen LogP contribution in [0.4, 0.5) is 0 Å². The third-order valence-corrected chi connectivity index (χ3v) is 4.72. The van der Waals surface area contributed by atoms with Gasteiger partial charge in [0.25, 0.3) is 5.91 Å². The smallest absolute Gasteiger partial charge is 0.251 e. The molecule has 0 saturated carbocycles. The summed E-state index contributed by atoms with van der Waals surface area (Å²) in [5.41, 5.74) is 7.11. The van der Waals surface area contributed by atoms with Crippen LogP contribution in [0, 0.1) is 5.92 Å². The first-order valence-electron chi connectivity index (χ1n) is 9.66. The zero-order valence-corrected chi connectivity index (χ0v) is 16.3. The van der Waals surface area contributed by atoms with E-state index in [1.807, 2.05) is 31.2 Å². The lowest BCUT2D eigenvalue weighted by Crippen LogP contribution is -2.47. The molecule has 27 heavy (non-hydrogen) atoms. The van der Waals surface area contributed by atoms with Crippen molar-refractivity contribution in [2.24, 2.45) is 16.6 Å². The second-order valence-electron chi connectivity index (χ2n) is 6.89. The van der Waals surface area contributed by atoms with Gasteiger partial charge in [0.2, 0.25) is 5.91 Å². The van der Waals surface area contributed by atoms with E-state index in [2.05, 4.69) is 15.5 Å². The Morgan fingerprint density at radius 2 is 2.19 bits per heavy atom. The molecule has 0 bridgehead atoms. The molecule has 0 aromatic heterocycles. The van der Waals surface area contributed by atoms with Crippen LogP contribution in [0.2, 0.25) is 0 Å². The van der Waals surface area contributed by atoms with E-state index in [1.165, 1.54) is 0 Å². The Morgan fingerprint density at radius 1 is 1.37 bits per heavy atom. The SMILES string of the molecule is CCNC(=NCCc1cccc(C(=O)NC)c1)N1CCCC(CC(N)=O)C1. The van der Waals surface area contributed by atoms with Gasteiger partial charge in [0.1, 0.15) is 0 Å². The molecule has 0 spiro atoms. The molecule has 1 saturated heterocycles. The molecule has 1 aromatic carbocycles. The predicted octanol–water partition coefficient (Wildman–Crippen LogP) is 1.14. The molecule has 1 unspecified atom stereocenters. The standard InChI is InChI=1S/C20H31N5O2/c1-3-23-20(25-11-5-7-16(14-25)13-18(21)26)24-10-9-15-6-4-8-17(12-15)19(27)22-2/h4,6,8,12,16H,3,5,7,9-11,13-14H2,1-2H3,(H2,21,26)(H,22,27)(H,23,24). The second-order valence-corrected chi connectivity index (χ2v) is 6.89. The molecule has 7 heteroatoms. The van der Waals surface area contributed by atoms with Crippen molar-refractivity contribution in [3.8, 4) is 0 Å². The number of likely N-dealkylation sites (tertiary alicyclic amines) is 1. The van der Waals surface area contributed by atoms with Crippen molar-refractivity contribution in [3.63, 3.8) is 0 Å². The Kier molecular flexibility index (Phi) is 8.10. The fourth-order valence-corrected chi connectivity index (χ4v) is 3.44. The molecule has 1 aromatic rings. The Labute approximate surface area is 161 Å². The number of nitrogens with one attached hydrogen (secondary N) is 2. The first-order valence-corrected chi connectivity index (χ1v) is 9.66. The van der Waals surface area contributed by atoms with Crippen LogP contribution < -0.4 is 16.4 Å². The topological polar surface area (TPSA) is 99.8 Å². The minimum atomic E-state index is -0.236. The van der Waals surface area contributed by atoms with Crippen molar-refractivity contribution in [2.75, 3.05) is 33.2 Å². The maximum absolute atomic E-state index is 11.8. The first kappa shape index (κ1) is 20.7. The van der Waals surface area contributed by atoms with Crippen LogP contribution in [-0.2, 0) is 11.2 Å². The Balaban J connectivity index is 1.99. The third kappa shape index (κ3) is 6.58. The van der Waals surface area contributed by atoms with Gasteiger partial charge in [0.05, 0.1) is 0 Å². The Hall–Kier alpha value is -2.57. The summed E-state index contributed by atoms with van der Waals surface area (Å²) in [6, 6.07) is 7.62. The fourth-order valence-electron chi connectivity index (χ4n) is 3.44. The highest BCUT2D eigenvalue weighted by atomic mass is 16.1. The summed E-state index contributed by atoms with van der Waals surface area (Å²) in [7, 11) is 1.63. The van der Waals surface area contributed by atoms with Crippen LogP contribution in [-0.4, -0.2) is 55.9 Å². The van der Waals surface area contributed by atoms with Crippen molar-refractivity contribution in [3.05, 3.63) is 35.4 Å². The molecule has 0 radical (unpaired) electrons. The normalized spacial score (nSPS) is 17.5. The van der Waals surface area contributed by atoms with E-state index in [9.17, 15) is 9.59 Å². The molecule has 1 fully saturated rings. The summed E-state index contributed by atoms with van der Waals surface area (Å²) in [6.45, 7) is 5.22. The zero-order valence-electron chi connectivity index (χ0n) is 16.3. The summed E-state index contributed by atoms with van der Waals surface area (Å²) >= 11 is 0. The van der Waals surface area contributed by atoms with E-state index < -0.39 is 0 Å². The van der Waals surface area contributed by atoms with Crippen LogP contribution in [0.5, 0.6) is 0 Å². The van der Waals surface area contributed by atoms with E-state index in [1.54, 1.807) is 7.05 Å². The molecule has 1 aliphatic heterocycles. The number of primary amides is 1. The van der Waals surface area contributed by atoms with Crippen LogP contribution in [0.1, 0.15) is 42.1 Å². The number of nitrogens with zero attached hydrogens (tertiary/aromatic N) is 2. The lowest BCUT2D eigenvalue weighted by molar-refractivity contribution is -0.119. The minimum Gasteiger partial charge on any atom is -0.370 e. The number of benzene rings is 1. The highest BCUT2D eigenvalue weighted by Crippen LogP contribution is 2.19. The van der Waals surface area contributed by atoms with Crippen LogP contribution in [0.3, 0.4) is 0 Å². The monoisotopic (exact) mass is 373 g/mol. The molecule has 1 heterocycles. The van der Waals surface area contributed by atoms with Gasteiger partial charge in [0, 0.05) is 45.2 Å². The quantitative estimate of drug-likeness (QED) is 0.493. The molecule has 2 amide bonds. The van der Waals surface area contributed by atoms with Gasteiger partial charge >= 0.3 is 0 Å². The van der Waals surface area contributed by atoms with Gasteiger partial charge in [-0.1, -0.05) is 12.1 Å². The van der Waals surface area contributed by atoms with Crippen molar-refractivity contribution >= 4 is 17.8 Å². The van der Waals surface area contributed by atoms with Crippen molar-refractivity contribution in [1.29, 1.82) is 0 Å². The highest BCUT2D eigenvalue weighted by Gasteiger charge is 2.23. The maximum Gasteiger partial charge on any atom is 0.251 e. The molecule has 2 rings (SSSR count). The second kappa shape index (κ2) is 10.5. The van der Waals surface area contributed by atoms with Gasteiger partial charge in [-0.3, -0.25) is 14.6 Å². The third-order valence-electron chi connectivity index (χ3n) is 4.72. The molecule has 1 aliphatic rings. The summed E-state index contributed by atoms with van der Waals surface area (Å²) in [5.74, 6) is 0.862. The average Bonchev–Trinajstić information content (AvgIpc) is 2.66. The van der Waals surface area contributed by atoms with Crippen LogP contribution in [0.25, 0.3) is 0 Å². The van der Waals surface area contributed by atoms with Gasteiger partial charge in [-0.2, -0.15) is 0 Å². The van der Waals surface area contributed by atoms with Gasteiger partial charge in [-0.25, -0.2) is 0 Å². The average molecular weight is 374 g/mol. The zero-order chi connectivity index (χ0) is 19.6. The van der Waals surface area contributed by atoms with Gasteiger partial charge in [-0.15, -0.1) is 0 Å². The largest absolute Gasteiger partial charge is 0.370 e. The highest BCUT2D eigenvalue weighted by molar-refractivity contribution is 5.94. The predicted molar refractivity (Wildman–Crippen MR) is 108 cm³/mol. The van der Waals surface area contributed by atoms with E-state index >= 15 is 0 Å². The summed E-state index contributed by atoms with van der Waals surface area (Å²) < 4.78 is 0. The van der Waals surface area contributed by atoms with Crippen molar-refractivity contribution in [2.45, 2.75) is 32.6 Å². The molecular formula is C20H31N5O2. The summed E-state index contributed by atoms with van der Waals surface area (Å²) in [5, 5.41) is 5.99. The number of guanidine groups is 1. The number of hydrogen-bond donors (Lipinski definition) is 3. The molecule has 148 valence electrons. The summed E-state index contributed by atoms with van der Waals surface area (Å²) in [6.07, 6.45) is 3.27. The number of aliphatic imine (C=N–C) groups is 1. The minimum absolute atomic E-state index is 0.0810. The molecule has 4 N–H and O–H groups in total. The molecular weight excluding hydrogens is 342 g/mol. The van der Waals surface area contributed by atoms with Crippen LogP contribution >= 0.6 is 0 Å². The van der Waals surface area contributed by atoms with E-state index in [0.29, 0.717) is 24.4 Å². The lowest BCUT2D eigenvalue weighted by Gasteiger charge is -2.34. The van der Waals surface area contributed by atoms with Gasteiger partial charge in [-0.05, 0) is 49.8 Å². The molecule has 7 nitrogen and oxygen atoms in total. The number of carbonyl (C=O) groups is 2.